The first-order valence-electron chi connectivity index (χ1n) is 22.7. The smallest absolute Gasteiger partial charge is 0.326 e. The van der Waals surface area contributed by atoms with Crippen molar-refractivity contribution in [3.63, 3.8) is 0 Å². The minimum Gasteiger partial charge on any atom is -0.481 e. The van der Waals surface area contributed by atoms with Gasteiger partial charge in [-0.15, -0.1) is 0 Å². The van der Waals surface area contributed by atoms with Crippen molar-refractivity contribution in [3.05, 3.63) is 0 Å². The van der Waals surface area contributed by atoms with Crippen molar-refractivity contribution in [2.45, 2.75) is 218 Å². The third kappa shape index (κ3) is 31.7. The maximum Gasteiger partial charge on any atom is 0.326 e. The predicted octanol–water partition coefficient (Wildman–Crippen LogP) is 4.24. The number of rotatable bonds is 40. The Labute approximate surface area is 367 Å². The van der Waals surface area contributed by atoms with Gasteiger partial charge in [0.1, 0.15) is 17.9 Å². The third-order valence-electron chi connectivity index (χ3n) is 10.8. The molecule has 0 radical (unpaired) electrons. The topological polar surface area (TPSA) is 306 Å². The number of Topliss-reactive ketones (excluding diaryl/α,β-unsaturated/α-hetero) is 1. The highest BCUT2D eigenvalue weighted by atomic mass is 16.5. The van der Waals surface area contributed by atoms with E-state index < -0.39 is 97.4 Å². The highest BCUT2D eigenvalue weighted by Crippen LogP contribution is 2.16. The van der Waals surface area contributed by atoms with E-state index in [1.807, 2.05) is 0 Å². The van der Waals surface area contributed by atoms with Gasteiger partial charge in [-0.05, 0) is 45.4 Å². The average molecular weight is 887 g/mol. The largest absolute Gasteiger partial charge is 0.481 e. The Hall–Kier alpha value is -4.16. The van der Waals surface area contributed by atoms with Crippen molar-refractivity contribution in [1.29, 1.82) is 0 Å². The molecule has 0 aromatic heterocycles. The summed E-state index contributed by atoms with van der Waals surface area (Å²) in [5.74, 6) is -8.87. The summed E-state index contributed by atoms with van der Waals surface area (Å²) >= 11 is 0. The van der Waals surface area contributed by atoms with Crippen molar-refractivity contribution in [2.24, 2.45) is 5.92 Å². The first-order chi connectivity index (χ1) is 29.3. The molecule has 0 aliphatic heterocycles. The number of aliphatic hydroxyl groups excluding tert-OH is 1. The number of hydrogen-bond acceptors (Lipinski definition) is 11. The molecule has 62 heavy (non-hydrogen) atoms. The second-order valence-electron chi connectivity index (χ2n) is 16.9. The van der Waals surface area contributed by atoms with Gasteiger partial charge in [0.15, 0.2) is 5.79 Å². The molecule has 18 nitrogen and oxygen atoms in total. The number of carboxylic acids is 3. The lowest BCUT2D eigenvalue weighted by molar-refractivity contribution is -0.173. The number of aliphatic hydroxyl groups is 3. The highest BCUT2D eigenvalue weighted by molar-refractivity contribution is 5.86. The molecule has 0 saturated carbocycles. The standard InChI is InChI=1S/C44H78N4O14/c1-31(2)35(50)25-22-32(30-49)45-38(52)29-26-36(44(3,61)62)48-40(54)28-24-34(43(59)60)47-39(53)27-23-33(42(57)58)46-37(51)20-18-16-14-12-10-8-6-4-5-7-9-11-13-15-17-19-21-41(55)56/h31-34,36,49,61-62H,4-30H2,1-3H3,(H,45,52)(H,46,51)(H,47,53)(H,48,54)(H,55,56)(H,57,58)(H,59,60)/t32?,33-,34?,36-/m1/s1. The molecule has 10 N–H and O–H groups in total. The summed E-state index contributed by atoms with van der Waals surface area (Å²) < 4.78 is 0. The molecule has 0 aromatic rings. The summed E-state index contributed by atoms with van der Waals surface area (Å²) in [5, 5.41) is 67.5. The Morgan fingerprint density at radius 1 is 0.452 bits per heavy atom. The number of aliphatic carboxylic acids is 3. The summed E-state index contributed by atoms with van der Waals surface area (Å²) in [6.07, 6.45) is 15.7. The van der Waals surface area contributed by atoms with Crippen LogP contribution in [-0.4, -0.2) is 115 Å². The molecular weight excluding hydrogens is 808 g/mol. The van der Waals surface area contributed by atoms with E-state index in [0.717, 1.165) is 58.3 Å². The number of hydrogen-bond donors (Lipinski definition) is 10. The van der Waals surface area contributed by atoms with E-state index in [2.05, 4.69) is 21.3 Å². The van der Waals surface area contributed by atoms with Gasteiger partial charge in [0.25, 0.3) is 0 Å². The average Bonchev–Trinajstić information content (AvgIpc) is 3.19. The fraction of sp³-hybridized carbons (Fsp3) is 0.818. The van der Waals surface area contributed by atoms with Gasteiger partial charge in [-0.25, -0.2) is 9.59 Å². The van der Waals surface area contributed by atoms with Gasteiger partial charge in [-0.3, -0.25) is 28.8 Å². The molecule has 0 fully saturated rings. The zero-order valence-corrected chi connectivity index (χ0v) is 37.4. The Morgan fingerprint density at radius 3 is 1.18 bits per heavy atom. The van der Waals surface area contributed by atoms with Crippen molar-refractivity contribution in [1.82, 2.24) is 21.3 Å². The Morgan fingerprint density at radius 2 is 0.806 bits per heavy atom. The fourth-order valence-corrected chi connectivity index (χ4v) is 6.77. The number of unbranched alkanes of at least 4 members (excludes halogenated alkanes) is 15. The normalized spacial score (nSPS) is 13.4. The van der Waals surface area contributed by atoms with Crippen molar-refractivity contribution >= 4 is 47.3 Å². The van der Waals surface area contributed by atoms with Gasteiger partial charge in [0, 0.05) is 44.4 Å². The number of carboxylic acid groups (broad SMARTS) is 3. The van der Waals surface area contributed by atoms with Gasteiger partial charge in [0.05, 0.1) is 18.7 Å². The molecule has 0 heterocycles. The van der Waals surface area contributed by atoms with E-state index in [0.29, 0.717) is 6.42 Å². The SMILES string of the molecule is CC(C)C(=O)CCC(CO)NC(=O)CC[C@@H](NC(=O)CCC(NC(=O)CC[C@@H](NC(=O)CCCCCCCCCCCCCCCCCCC(=O)O)C(=O)O)C(=O)O)C(C)(O)O. The lowest BCUT2D eigenvalue weighted by atomic mass is 10.0. The van der Waals surface area contributed by atoms with Crippen molar-refractivity contribution < 1.29 is 69.0 Å². The lowest BCUT2D eigenvalue weighted by Gasteiger charge is -2.29. The molecule has 0 spiro atoms. The van der Waals surface area contributed by atoms with Crippen LogP contribution < -0.4 is 21.3 Å². The van der Waals surface area contributed by atoms with Crippen LogP contribution in [0.25, 0.3) is 0 Å². The second-order valence-corrected chi connectivity index (χ2v) is 16.9. The molecule has 0 bridgehead atoms. The molecule has 0 aromatic carbocycles. The number of nitrogens with one attached hydrogen (secondary N) is 4. The summed E-state index contributed by atoms with van der Waals surface area (Å²) in [5.41, 5.74) is 0. The second kappa shape index (κ2) is 34.3. The maximum atomic E-state index is 12.7. The van der Waals surface area contributed by atoms with Gasteiger partial charge < -0.3 is 51.9 Å². The zero-order chi connectivity index (χ0) is 46.9. The zero-order valence-electron chi connectivity index (χ0n) is 37.4. The summed E-state index contributed by atoms with van der Waals surface area (Å²) in [7, 11) is 0. The third-order valence-corrected chi connectivity index (χ3v) is 10.8. The molecular formula is C44H78N4O14. The first-order valence-corrected chi connectivity index (χ1v) is 22.7. The van der Waals surface area contributed by atoms with Crippen LogP contribution in [0, 0.1) is 5.92 Å². The van der Waals surface area contributed by atoms with Crippen LogP contribution in [0.1, 0.15) is 188 Å². The predicted molar refractivity (Wildman–Crippen MR) is 230 cm³/mol. The van der Waals surface area contributed by atoms with E-state index in [1.165, 1.54) is 44.9 Å². The van der Waals surface area contributed by atoms with Crippen LogP contribution >= 0.6 is 0 Å². The number of ketones is 1. The lowest BCUT2D eigenvalue weighted by Crippen LogP contribution is -2.52. The van der Waals surface area contributed by atoms with Crippen LogP contribution in [0.4, 0.5) is 0 Å². The summed E-state index contributed by atoms with van der Waals surface area (Å²) in [6.45, 7) is 4.05. The van der Waals surface area contributed by atoms with E-state index >= 15 is 0 Å². The first kappa shape index (κ1) is 57.8. The van der Waals surface area contributed by atoms with Gasteiger partial charge in [-0.1, -0.05) is 104 Å². The Balaban J connectivity index is 4.47. The molecule has 0 aliphatic carbocycles. The van der Waals surface area contributed by atoms with E-state index in [-0.39, 0.29) is 56.6 Å². The number of amides is 4. The minimum atomic E-state index is -2.47. The van der Waals surface area contributed by atoms with Crippen molar-refractivity contribution in [2.75, 3.05) is 6.61 Å². The highest BCUT2D eigenvalue weighted by Gasteiger charge is 2.32. The monoisotopic (exact) mass is 887 g/mol. The number of carbonyl (C=O) groups is 8. The van der Waals surface area contributed by atoms with Crippen LogP contribution in [0.3, 0.4) is 0 Å². The molecule has 0 aliphatic rings. The van der Waals surface area contributed by atoms with Gasteiger partial charge in [-0.2, -0.15) is 0 Å². The molecule has 358 valence electrons. The van der Waals surface area contributed by atoms with Gasteiger partial charge >= 0.3 is 17.9 Å². The van der Waals surface area contributed by atoms with Crippen LogP contribution in [0.15, 0.2) is 0 Å². The van der Waals surface area contributed by atoms with E-state index in [9.17, 15) is 63.9 Å². The van der Waals surface area contributed by atoms with Gasteiger partial charge in [0.2, 0.25) is 23.6 Å². The molecule has 0 saturated heterocycles. The molecule has 0 rings (SSSR count). The van der Waals surface area contributed by atoms with Crippen LogP contribution in [-0.2, 0) is 38.4 Å². The summed E-state index contributed by atoms with van der Waals surface area (Å²) in [4.78, 5) is 96.3. The molecule has 4 amide bonds. The summed E-state index contributed by atoms with van der Waals surface area (Å²) in [6, 6.07) is -4.97. The van der Waals surface area contributed by atoms with Crippen LogP contribution in [0.5, 0.6) is 0 Å². The fourth-order valence-electron chi connectivity index (χ4n) is 6.77. The minimum absolute atomic E-state index is 0.0290. The van der Waals surface area contributed by atoms with E-state index in [1.54, 1.807) is 13.8 Å². The molecule has 4 atom stereocenters. The quantitative estimate of drug-likeness (QED) is 0.0304. The molecule has 2 unspecified atom stereocenters. The van der Waals surface area contributed by atoms with E-state index in [4.69, 9.17) is 5.11 Å². The van der Waals surface area contributed by atoms with Crippen LogP contribution in [0.2, 0.25) is 0 Å². The molecule has 18 heteroatoms. The number of carbonyl (C=O) groups excluding carboxylic acids is 5. The maximum absolute atomic E-state index is 12.7. The Bertz CT molecular complexity index is 1350. The van der Waals surface area contributed by atoms with Crippen molar-refractivity contribution in [3.8, 4) is 0 Å². The Kier molecular flexibility index (Phi) is 32.0.